The first kappa shape index (κ1) is 23.7. The molecule has 11 heteroatoms. The molecule has 0 saturated carbocycles. The van der Waals surface area contributed by atoms with Crippen molar-refractivity contribution in [2.75, 3.05) is 41.9 Å². The maximum absolute atomic E-state index is 10.8. The third-order valence-electron chi connectivity index (χ3n) is 5.04. The van der Waals surface area contributed by atoms with Crippen LogP contribution in [0.2, 0.25) is 0 Å². The molecule has 1 fully saturated rings. The third-order valence-corrected chi connectivity index (χ3v) is 5.04. The number of rotatable bonds is 11. The molecule has 1 aromatic heterocycles. The number of hydrogen-bond donors (Lipinski definition) is 3. The largest absolute Gasteiger partial charge is 0.490 e. The number of aliphatic carboxylic acids is 1. The molecule has 3 aromatic rings. The zero-order chi connectivity index (χ0) is 24.5. The molecule has 1 aliphatic rings. The lowest BCUT2D eigenvalue weighted by Crippen LogP contribution is -2.21. The van der Waals surface area contributed by atoms with Gasteiger partial charge in [-0.2, -0.15) is 20.1 Å². The molecule has 1 aliphatic heterocycles. The van der Waals surface area contributed by atoms with E-state index in [4.69, 9.17) is 14.6 Å². The number of hydrogen-bond acceptors (Lipinski definition) is 10. The van der Waals surface area contributed by atoms with Gasteiger partial charge in [0.15, 0.2) is 18.1 Å². The molecule has 4 rings (SSSR count). The Morgan fingerprint density at radius 3 is 2.57 bits per heavy atom. The first-order valence-electron chi connectivity index (χ1n) is 11.3. The molecular formula is C24H27N7O4. The molecule has 0 atom stereocenters. The highest BCUT2D eigenvalue weighted by Gasteiger charge is 2.17. The van der Waals surface area contributed by atoms with E-state index in [1.54, 1.807) is 24.4 Å². The van der Waals surface area contributed by atoms with Crippen LogP contribution in [-0.2, 0) is 4.79 Å². The van der Waals surface area contributed by atoms with Crippen LogP contribution < -0.4 is 25.1 Å². The quantitative estimate of drug-likeness (QED) is 0.278. The van der Waals surface area contributed by atoms with E-state index in [0.29, 0.717) is 36.0 Å². The summed E-state index contributed by atoms with van der Waals surface area (Å²) >= 11 is 0. The first-order chi connectivity index (χ1) is 17.1. The summed E-state index contributed by atoms with van der Waals surface area (Å²) in [5, 5.41) is 16.3. The van der Waals surface area contributed by atoms with E-state index in [2.05, 4.69) is 35.7 Å². The molecule has 3 N–H and O–H groups in total. The number of nitrogens with zero attached hydrogens (tertiary/aromatic N) is 5. The summed E-state index contributed by atoms with van der Waals surface area (Å²) in [6.07, 6.45) is 3.79. The minimum Gasteiger partial charge on any atom is -0.490 e. The molecule has 0 bridgehead atoms. The van der Waals surface area contributed by atoms with Crippen molar-refractivity contribution < 1.29 is 19.4 Å². The zero-order valence-corrected chi connectivity index (χ0v) is 19.3. The Bertz CT molecular complexity index is 1170. The summed E-state index contributed by atoms with van der Waals surface area (Å²) in [6, 6.07) is 14.8. The fraction of sp³-hybridized carbons (Fsp3) is 0.292. The predicted octanol–water partition coefficient (Wildman–Crippen LogP) is 3.52. The van der Waals surface area contributed by atoms with E-state index >= 15 is 0 Å². The first-order valence-corrected chi connectivity index (χ1v) is 11.3. The Morgan fingerprint density at radius 2 is 1.83 bits per heavy atom. The minimum atomic E-state index is -1.06. The van der Waals surface area contributed by atoms with Gasteiger partial charge in [-0.05, 0) is 55.7 Å². The van der Waals surface area contributed by atoms with Crippen molar-refractivity contribution in [2.45, 2.75) is 19.8 Å². The highest BCUT2D eigenvalue weighted by Crippen LogP contribution is 2.28. The van der Waals surface area contributed by atoms with Crippen LogP contribution in [0.1, 0.15) is 25.3 Å². The number of carboxylic acid groups (broad SMARTS) is 1. The van der Waals surface area contributed by atoms with Gasteiger partial charge < -0.3 is 24.8 Å². The Morgan fingerprint density at radius 1 is 1.06 bits per heavy atom. The van der Waals surface area contributed by atoms with E-state index in [9.17, 15) is 4.79 Å². The van der Waals surface area contributed by atoms with Crippen LogP contribution in [0.4, 0.5) is 23.5 Å². The zero-order valence-electron chi connectivity index (χ0n) is 19.3. The Balaban J connectivity index is 1.51. The lowest BCUT2D eigenvalue weighted by atomic mass is 10.2. The van der Waals surface area contributed by atoms with E-state index in [0.717, 1.165) is 37.2 Å². The van der Waals surface area contributed by atoms with Crippen LogP contribution in [0.25, 0.3) is 0 Å². The number of para-hydroxylation sites is 1. The minimum absolute atomic E-state index is 0.308. The average Bonchev–Trinajstić information content (AvgIpc) is 3.39. The van der Waals surface area contributed by atoms with Gasteiger partial charge in [-0.25, -0.2) is 10.2 Å². The highest BCUT2D eigenvalue weighted by molar-refractivity contribution is 5.81. The molecule has 0 aliphatic carbocycles. The van der Waals surface area contributed by atoms with Crippen LogP contribution >= 0.6 is 0 Å². The molecule has 0 radical (unpaired) electrons. The maximum atomic E-state index is 10.8. The number of carbonyl (C=O) groups is 1. The molecule has 35 heavy (non-hydrogen) atoms. The van der Waals surface area contributed by atoms with Crippen molar-refractivity contribution in [1.29, 1.82) is 0 Å². The molecule has 1 saturated heterocycles. The van der Waals surface area contributed by atoms with Crippen molar-refractivity contribution in [2.24, 2.45) is 5.10 Å². The predicted molar refractivity (Wildman–Crippen MR) is 133 cm³/mol. The van der Waals surface area contributed by atoms with Gasteiger partial charge in [-0.3, -0.25) is 0 Å². The van der Waals surface area contributed by atoms with Gasteiger partial charge >= 0.3 is 5.97 Å². The second kappa shape index (κ2) is 11.6. The van der Waals surface area contributed by atoms with Crippen molar-refractivity contribution in [3.8, 4) is 11.5 Å². The smallest absolute Gasteiger partial charge is 0.341 e. The fourth-order valence-electron chi connectivity index (χ4n) is 3.48. The van der Waals surface area contributed by atoms with E-state index in [-0.39, 0.29) is 0 Å². The van der Waals surface area contributed by atoms with Crippen molar-refractivity contribution >= 4 is 35.7 Å². The van der Waals surface area contributed by atoms with Crippen molar-refractivity contribution in [3.63, 3.8) is 0 Å². The number of ether oxygens (including phenoxy) is 2. The van der Waals surface area contributed by atoms with Gasteiger partial charge in [0.1, 0.15) is 0 Å². The van der Waals surface area contributed by atoms with Gasteiger partial charge in [0, 0.05) is 18.8 Å². The van der Waals surface area contributed by atoms with Crippen LogP contribution in [0.3, 0.4) is 0 Å². The van der Waals surface area contributed by atoms with Crippen LogP contribution in [0.5, 0.6) is 11.5 Å². The van der Waals surface area contributed by atoms with Gasteiger partial charge in [-0.15, -0.1) is 0 Å². The molecule has 0 amide bonds. The summed E-state index contributed by atoms with van der Waals surface area (Å²) in [4.78, 5) is 26.5. The Hall–Kier alpha value is -4.41. The van der Waals surface area contributed by atoms with Crippen LogP contribution in [0, 0.1) is 0 Å². The Kier molecular flexibility index (Phi) is 7.89. The number of benzene rings is 2. The normalized spacial score (nSPS) is 13.1. The van der Waals surface area contributed by atoms with E-state index in [1.165, 1.54) is 0 Å². The number of anilines is 4. The topological polar surface area (TPSA) is 134 Å². The average molecular weight is 478 g/mol. The molecule has 11 nitrogen and oxygen atoms in total. The summed E-state index contributed by atoms with van der Waals surface area (Å²) in [7, 11) is 0. The Labute approximate surface area is 202 Å². The molecule has 0 unspecified atom stereocenters. The molecule has 2 aromatic carbocycles. The molecule has 0 spiro atoms. The van der Waals surface area contributed by atoms with Gasteiger partial charge in [-0.1, -0.05) is 18.2 Å². The SMILES string of the molecule is CCOc1cc(C=NNc2nc(Nc3ccccc3)nc(N3CCCC3)n2)ccc1OCC(=O)O. The number of nitrogens with one attached hydrogen (secondary N) is 2. The molecule has 2 heterocycles. The lowest BCUT2D eigenvalue weighted by Gasteiger charge is -2.16. The standard InChI is InChI=1S/C24H27N7O4/c1-2-34-20-14-17(10-11-19(20)35-16-21(32)33)15-25-30-23-27-22(26-18-8-4-3-5-9-18)28-24(29-23)31-12-6-7-13-31/h3-5,8-11,14-15H,2,6-7,12-13,16H2,1H3,(H,32,33)(H2,26,27,28,29,30). The molecular weight excluding hydrogens is 450 g/mol. The van der Waals surface area contributed by atoms with Gasteiger partial charge in [0.25, 0.3) is 0 Å². The summed E-state index contributed by atoms with van der Waals surface area (Å²) in [5.41, 5.74) is 4.47. The number of carboxylic acids is 1. The summed E-state index contributed by atoms with van der Waals surface area (Å²) < 4.78 is 10.9. The van der Waals surface area contributed by atoms with E-state index in [1.807, 2.05) is 37.3 Å². The fourth-order valence-corrected chi connectivity index (χ4v) is 3.48. The number of hydrazone groups is 1. The van der Waals surface area contributed by atoms with Gasteiger partial charge in [0.05, 0.1) is 12.8 Å². The van der Waals surface area contributed by atoms with Gasteiger partial charge in [0.2, 0.25) is 17.8 Å². The second-order valence-electron chi connectivity index (χ2n) is 7.66. The maximum Gasteiger partial charge on any atom is 0.341 e. The van der Waals surface area contributed by atoms with E-state index < -0.39 is 12.6 Å². The summed E-state index contributed by atoms with van der Waals surface area (Å²) in [5.74, 6) is 1.04. The van der Waals surface area contributed by atoms with Crippen molar-refractivity contribution in [1.82, 2.24) is 15.0 Å². The second-order valence-corrected chi connectivity index (χ2v) is 7.66. The molecule has 182 valence electrons. The van der Waals surface area contributed by atoms with Crippen LogP contribution in [-0.4, -0.2) is 58.5 Å². The van der Waals surface area contributed by atoms with Crippen LogP contribution in [0.15, 0.2) is 53.6 Å². The third kappa shape index (κ3) is 6.79. The number of aromatic nitrogens is 3. The van der Waals surface area contributed by atoms with Crippen molar-refractivity contribution in [3.05, 3.63) is 54.1 Å². The lowest BCUT2D eigenvalue weighted by molar-refractivity contribution is -0.139. The highest BCUT2D eigenvalue weighted by atomic mass is 16.5. The monoisotopic (exact) mass is 477 g/mol. The summed E-state index contributed by atoms with van der Waals surface area (Å²) in [6.45, 7) is 3.59.